The first-order valence-corrected chi connectivity index (χ1v) is 6.62. The minimum Gasteiger partial charge on any atom is -0.399 e. The van der Waals surface area contributed by atoms with Crippen LogP contribution >= 0.6 is 0 Å². The highest BCUT2D eigenvalue weighted by atomic mass is 16.2. The Morgan fingerprint density at radius 3 is 3.14 bits per heavy atom. The number of fused-ring (bicyclic) bond motifs is 2. The number of carbonyl (C=O) groups is 1. The SMILES string of the molecule is Nc1ccc2[nH]nc(C(=O)N3CCn4cnnc4C3)c2c1. The number of benzene rings is 1. The van der Waals surface area contributed by atoms with E-state index in [9.17, 15) is 4.79 Å². The Bertz CT molecular complexity index is 834. The molecule has 3 aromatic rings. The van der Waals surface area contributed by atoms with E-state index in [-0.39, 0.29) is 5.91 Å². The smallest absolute Gasteiger partial charge is 0.275 e. The van der Waals surface area contributed by atoms with Gasteiger partial charge in [-0.1, -0.05) is 0 Å². The number of nitrogens with zero attached hydrogens (tertiary/aromatic N) is 5. The van der Waals surface area contributed by atoms with Gasteiger partial charge >= 0.3 is 0 Å². The number of nitrogens with one attached hydrogen (secondary N) is 1. The molecule has 8 nitrogen and oxygen atoms in total. The van der Waals surface area contributed by atoms with Gasteiger partial charge in [0.15, 0.2) is 11.5 Å². The molecular weight excluding hydrogens is 270 g/mol. The van der Waals surface area contributed by atoms with Crippen LogP contribution < -0.4 is 5.73 Å². The molecule has 0 saturated carbocycles. The summed E-state index contributed by atoms with van der Waals surface area (Å²) >= 11 is 0. The average molecular weight is 283 g/mol. The number of carbonyl (C=O) groups excluding carboxylic acids is 1. The molecule has 1 aromatic carbocycles. The molecule has 3 heterocycles. The molecule has 1 aliphatic heterocycles. The second kappa shape index (κ2) is 4.30. The zero-order valence-corrected chi connectivity index (χ0v) is 11.2. The van der Waals surface area contributed by atoms with Gasteiger partial charge in [0.25, 0.3) is 5.91 Å². The lowest BCUT2D eigenvalue weighted by molar-refractivity contribution is 0.0703. The van der Waals surface area contributed by atoms with E-state index in [1.165, 1.54) is 0 Å². The highest BCUT2D eigenvalue weighted by molar-refractivity contribution is 6.05. The molecule has 0 spiro atoms. The van der Waals surface area contributed by atoms with E-state index >= 15 is 0 Å². The number of hydrogen-bond donors (Lipinski definition) is 2. The topological polar surface area (TPSA) is 106 Å². The fraction of sp³-hybridized carbons (Fsp3) is 0.231. The number of nitrogen functional groups attached to an aromatic ring is 1. The molecule has 0 bridgehead atoms. The maximum Gasteiger partial charge on any atom is 0.275 e. The zero-order valence-electron chi connectivity index (χ0n) is 11.2. The summed E-state index contributed by atoms with van der Waals surface area (Å²) in [6.07, 6.45) is 1.68. The van der Waals surface area contributed by atoms with Crippen molar-refractivity contribution in [2.45, 2.75) is 13.1 Å². The summed E-state index contributed by atoms with van der Waals surface area (Å²) in [5.41, 5.74) is 7.59. The normalized spacial score (nSPS) is 14.4. The van der Waals surface area contributed by atoms with Gasteiger partial charge < -0.3 is 15.2 Å². The molecule has 3 N–H and O–H groups in total. The second-order valence-electron chi connectivity index (χ2n) is 5.04. The largest absolute Gasteiger partial charge is 0.399 e. The van der Waals surface area contributed by atoms with E-state index in [1.54, 1.807) is 23.4 Å². The van der Waals surface area contributed by atoms with Crippen LogP contribution in [0.2, 0.25) is 0 Å². The van der Waals surface area contributed by atoms with Crippen molar-refractivity contribution in [1.82, 2.24) is 29.9 Å². The van der Waals surface area contributed by atoms with Crippen LogP contribution in [0.25, 0.3) is 10.9 Å². The fourth-order valence-electron chi connectivity index (χ4n) is 2.58. The van der Waals surface area contributed by atoms with E-state index < -0.39 is 0 Å². The first-order chi connectivity index (χ1) is 10.2. The molecule has 1 aliphatic rings. The van der Waals surface area contributed by atoms with Crippen molar-refractivity contribution in [3.63, 3.8) is 0 Å². The molecule has 0 atom stereocenters. The third-order valence-corrected chi connectivity index (χ3v) is 3.72. The van der Waals surface area contributed by atoms with Crippen LogP contribution in [0.5, 0.6) is 0 Å². The number of H-pyrrole nitrogens is 1. The van der Waals surface area contributed by atoms with Crippen LogP contribution in [-0.2, 0) is 13.1 Å². The van der Waals surface area contributed by atoms with Gasteiger partial charge in [0, 0.05) is 24.2 Å². The van der Waals surface area contributed by atoms with Gasteiger partial charge in [-0.25, -0.2) is 0 Å². The summed E-state index contributed by atoms with van der Waals surface area (Å²) < 4.78 is 1.95. The van der Waals surface area contributed by atoms with Crippen LogP contribution in [0.15, 0.2) is 24.5 Å². The third-order valence-electron chi connectivity index (χ3n) is 3.72. The van der Waals surface area contributed by atoms with E-state index in [2.05, 4.69) is 20.4 Å². The molecule has 0 radical (unpaired) electrons. The summed E-state index contributed by atoms with van der Waals surface area (Å²) in [6, 6.07) is 5.36. The van der Waals surface area contributed by atoms with Crippen molar-refractivity contribution in [1.29, 1.82) is 0 Å². The monoisotopic (exact) mass is 283 g/mol. The van der Waals surface area contributed by atoms with E-state index in [0.29, 0.717) is 31.0 Å². The minimum absolute atomic E-state index is 0.124. The molecule has 21 heavy (non-hydrogen) atoms. The molecule has 2 aromatic heterocycles. The van der Waals surface area contributed by atoms with Crippen LogP contribution in [0.1, 0.15) is 16.3 Å². The van der Waals surface area contributed by atoms with Gasteiger partial charge in [0.05, 0.1) is 12.1 Å². The van der Waals surface area contributed by atoms with Crippen molar-refractivity contribution >= 4 is 22.5 Å². The van der Waals surface area contributed by atoms with Crippen molar-refractivity contribution in [3.8, 4) is 0 Å². The van der Waals surface area contributed by atoms with Crippen LogP contribution in [0.4, 0.5) is 5.69 Å². The molecule has 0 aliphatic carbocycles. The Kier molecular flexibility index (Phi) is 2.44. The van der Waals surface area contributed by atoms with Crippen LogP contribution in [0.3, 0.4) is 0 Å². The van der Waals surface area contributed by atoms with Crippen molar-refractivity contribution in [3.05, 3.63) is 36.0 Å². The minimum atomic E-state index is -0.124. The number of amides is 1. The number of nitrogens with two attached hydrogens (primary N) is 1. The van der Waals surface area contributed by atoms with Gasteiger partial charge in [-0.3, -0.25) is 9.89 Å². The Hall–Kier alpha value is -2.90. The van der Waals surface area contributed by atoms with Crippen molar-refractivity contribution in [2.24, 2.45) is 0 Å². The summed E-state index contributed by atoms with van der Waals surface area (Å²) in [4.78, 5) is 14.4. The molecule has 0 saturated heterocycles. The lowest BCUT2D eigenvalue weighted by Crippen LogP contribution is -2.38. The maximum atomic E-state index is 12.7. The Balaban J connectivity index is 1.69. The molecule has 8 heteroatoms. The van der Waals surface area contributed by atoms with E-state index in [4.69, 9.17) is 5.73 Å². The number of rotatable bonds is 1. The van der Waals surface area contributed by atoms with Gasteiger partial charge in [0.2, 0.25) is 0 Å². The lowest BCUT2D eigenvalue weighted by atomic mass is 10.1. The average Bonchev–Trinajstić information content (AvgIpc) is 3.11. The van der Waals surface area contributed by atoms with Crippen molar-refractivity contribution in [2.75, 3.05) is 12.3 Å². The third kappa shape index (κ3) is 1.83. The first kappa shape index (κ1) is 11.9. The Labute approximate surface area is 119 Å². The second-order valence-corrected chi connectivity index (χ2v) is 5.04. The predicted molar refractivity (Wildman–Crippen MR) is 75.3 cm³/mol. The number of aromatic nitrogens is 5. The summed E-state index contributed by atoms with van der Waals surface area (Å²) in [7, 11) is 0. The summed E-state index contributed by atoms with van der Waals surface area (Å²) in [6.45, 7) is 1.74. The van der Waals surface area contributed by atoms with Gasteiger partial charge in [-0.2, -0.15) is 5.10 Å². The molecule has 1 amide bonds. The quantitative estimate of drug-likeness (QED) is 0.628. The van der Waals surface area contributed by atoms with Crippen molar-refractivity contribution < 1.29 is 4.79 Å². The molecule has 0 fully saturated rings. The van der Waals surface area contributed by atoms with Crippen LogP contribution in [0, 0.1) is 0 Å². The van der Waals surface area contributed by atoms with Gasteiger partial charge in [-0.05, 0) is 18.2 Å². The predicted octanol–water partition coefficient (Wildman–Crippen LogP) is 0.393. The highest BCUT2D eigenvalue weighted by Gasteiger charge is 2.25. The maximum absolute atomic E-state index is 12.7. The number of anilines is 1. The lowest BCUT2D eigenvalue weighted by Gasteiger charge is -2.26. The number of aromatic amines is 1. The highest BCUT2D eigenvalue weighted by Crippen LogP contribution is 2.21. The standard InChI is InChI=1S/C13H13N7O/c14-8-1-2-10-9(5-8)12(18-16-10)13(21)19-3-4-20-7-15-17-11(20)6-19/h1-2,5,7H,3-4,6,14H2,(H,16,18). The van der Waals surface area contributed by atoms with E-state index in [0.717, 1.165) is 16.7 Å². The number of hydrogen-bond acceptors (Lipinski definition) is 5. The zero-order chi connectivity index (χ0) is 14.4. The Morgan fingerprint density at radius 2 is 2.24 bits per heavy atom. The molecule has 106 valence electrons. The first-order valence-electron chi connectivity index (χ1n) is 6.62. The summed E-state index contributed by atoms with van der Waals surface area (Å²) in [5, 5.41) is 15.6. The molecule has 4 rings (SSSR count). The Morgan fingerprint density at radius 1 is 1.33 bits per heavy atom. The fourth-order valence-corrected chi connectivity index (χ4v) is 2.58. The molecule has 0 unspecified atom stereocenters. The molecular formula is C13H13N7O. The summed E-state index contributed by atoms with van der Waals surface area (Å²) in [5.74, 6) is 0.662. The van der Waals surface area contributed by atoms with E-state index in [1.807, 2.05) is 10.6 Å². The van der Waals surface area contributed by atoms with Crippen LogP contribution in [-0.4, -0.2) is 42.3 Å². The van der Waals surface area contributed by atoms with Gasteiger partial charge in [0.1, 0.15) is 6.33 Å². The van der Waals surface area contributed by atoms with Gasteiger partial charge in [-0.15, -0.1) is 10.2 Å².